The summed E-state index contributed by atoms with van der Waals surface area (Å²) in [6, 6.07) is 30.3. The molecule has 4 atom stereocenters. The van der Waals surface area contributed by atoms with E-state index in [0.29, 0.717) is 26.4 Å². The minimum absolute atomic E-state index is 0.254. The zero-order valence-corrected chi connectivity index (χ0v) is 18.3. The summed E-state index contributed by atoms with van der Waals surface area (Å²) >= 11 is 4.64. The molecule has 0 aliphatic carbocycles. The third kappa shape index (κ3) is 6.42. The van der Waals surface area contributed by atoms with Crippen LogP contribution >= 0.6 is 12.6 Å². The molecular formula is C26H28O4S. The Hall–Kier alpha value is -2.15. The van der Waals surface area contributed by atoms with Crippen LogP contribution in [0.25, 0.3) is 0 Å². The Bertz CT molecular complexity index is 891. The summed E-state index contributed by atoms with van der Waals surface area (Å²) < 4.78 is 24.6. The minimum Gasteiger partial charge on any atom is -0.374 e. The topological polar surface area (TPSA) is 36.9 Å². The van der Waals surface area contributed by atoms with Crippen LogP contribution < -0.4 is 0 Å². The predicted octanol–water partition coefficient (Wildman–Crippen LogP) is 5.03. The van der Waals surface area contributed by atoms with Gasteiger partial charge in [-0.1, -0.05) is 91.0 Å². The summed E-state index contributed by atoms with van der Waals surface area (Å²) in [6.07, 6.45) is -0.824. The second-order valence-corrected chi connectivity index (χ2v) is 8.10. The first kappa shape index (κ1) is 22.1. The first-order chi connectivity index (χ1) is 15.3. The smallest absolute Gasteiger partial charge is 0.129 e. The molecule has 1 saturated heterocycles. The molecule has 0 radical (unpaired) electrons. The zero-order chi connectivity index (χ0) is 21.3. The molecule has 3 aromatic carbocycles. The summed E-state index contributed by atoms with van der Waals surface area (Å²) in [5, 5.41) is 0. The lowest BCUT2D eigenvalue weighted by Gasteiger charge is -2.24. The van der Waals surface area contributed by atoms with Gasteiger partial charge in [0.15, 0.2) is 0 Å². The Morgan fingerprint density at radius 2 is 1.06 bits per heavy atom. The highest BCUT2D eigenvalue weighted by molar-refractivity contribution is 7.80. The van der Waals surface area contributed by atoms with E-state index in [1.807, 2.05) is 78.9 Å². The molecule has 0 spiro atoms. The highest BCUT2D eigenvalue weighted by Crippen LogP contribution is 2.30. The fraction of sp³-hybridized carbons (Fsp3) is 0.308. The van der Waals surface area contributed by atoms with Gasteiger partial charge in [-0.25, -0.2) is 0 Å². The quantitative estimate of drug-likeness (QED) is 0.453. The Morgan fingerprint density at radius 3 is 1.58 bits per heavy atom. The minimum atomic E-state index is -0.380. The van der Waals surface area contributed by atoms with Gasteiger partial charge in [-0.2, -0.15) is 0 Å². The molecule has 1 aliphatic heterocycles. The Labute approximate surface area is 189 Å². The molecule has 162 valence electrons. The van der Waals surface area contributed by atoms with Crippen LogP contribution in [0.2, 0.25) is 0 Å². The Kier molecular flexibility index (Phi) is 8.16. The van der Waals surface area contributed by atoms with Gasteiger partial charge in [0, 0.05) is 0 Å². The second kappa shape index (κ2) is 11.5. The van der Waals surface area contributed by atoms with E-state index in [9.17, 15) is 0 Å². The van der Waals surface area contributed by atoms with Crippen molar-refractivity contribution in [3.05, 3.63) is 108 Å². The molecule has 4 nitrogen and oxygen atoms in total. The largest absolute Gasteiger partial charge is 0.374 e. The second-order valence-electron chi connectivity index (χ2n) is 7.59. The van der Waals surface area contributed by atoms with Crippen LogP contribution in [-0.4, -0.2) is 30.4 Å². The number of rotatable bonds is 10. The molecule has 0 amide bonds. The third-order valence-corrected chi connectivity index (χ3v) is 5.67. The SMILES string of the molecule is SC1O[C@H](COCc2ccccc2)[C@@H](OCc2ccccc2)[C@@H]1OCc1ccccc1. The van der Waals surface area contributed by atoms with Crippen LogP contribution in [0, 0.1) is 0 Å². The van der Waals surface area contributed by atoms with Gasteiger partial charge in [0.25, 0.3) is 0 Å². The van der Waals surface area contributed by atoms with Gasteiger partial charge in [0.05, 0.1) is 26.4 Å². The molecule has 0 aromatic heterocycles. The van der Waals surface area contributed by atoms with Gasteiger partial charge in [-0.05, 0) is 16.7 Å². The molecular weight excluding hydrogens is 408 g/mol. The zero-order valence-electron chi connectivity index (χ0n) is 17.4. The van der Waals surface area contributed by atoms with E-state index in [1.165, 1.54) is 0 Å². The fourth-order valence-corrected chi connectivity index (χ4v) is 4.03. The van der Waals surface area contributed by atoms with E-state index in [1.54, 1.807) is 0 Å². The fourth-order valence-electron chi connectivity index (χ4n) is 3.62. The molecule has 1 heterocycles. The van der Waals surface area contributed by atoms with E-state index >= 15 is 0 Å². The number of ether oxygens (including phenoxy) is 4. The summed E-state index contributed by atoms with van der Waals surface area (Å²) in [5.41, 5.74) is 2.96. The van der Waals surface area contributed by atoms with Gasteiger partial charge in [-0.15, -0.1) is 12.6 Å². The highest BCUT2D eigenvalue weighted by Gasteiger charge is 2.45. The number of benzene rings is 3. The number of hydrogen-bond acceptors (Lipinski definition) is 5. The molecule has 1 unspecified atom stereocenters. The van der Waals surface area contributed by atoms with Crippen molar-refractivity contribution >= 4 is 12.6 Å². The average molecular weight is 437 g/mol. The lowest BCUT2D eigenvalue weighted by molar-refractivity contribution is -0.0895. The van der Waals surface area contributed by atoms with Gasteiger partial charge in [-0.3, -0.25) is 0 Å². The monoisotopic (exact) mass is 436 g/mol. The van der Waals surface area contributed by atoms with Gasteiger partial charge in [0.2, 0.25) is 0 Å². The molecule has 3 aromatic rings. The normalized spacial score (nSPS) is 23.1. The Balaban J connectivity index is 1.39. The van der Waals surface area contributed by atoms with Gasteiger partial charge >= 0.3 is 0 Å². The van der Waals surface area contributed by atoms with E-state index in [0.717, 1.165) is 16.7 Å². The van der Waals surface area contributed by atoms with Crippen LogP contribution in [0.3, 0.4) is 0 Å². The molecule has 31 heavy (non-hydrogen) atoms. The molecule has 4 rings (SSSR count). The van der Waals surface area contributed by atoms with Crippen LogP contribution in [0.1, 0.15) is 16.7 Å². The molecule has 0 bridgehead atoms. The van der Waals surface area contributed by atoms with Crippen LogP contribution in [0.4, 0.5) is 0 Å². The van der Waals surface area contributed by atoms with E-state index < -0.39 is 0 Å². The highest BCUT2D eigenvalue weighted by atomic mass is 32.1. The van der Waals surface area contributed by atoms with E-state index in [2.05, 4.69) is 24.8 Å². The lowest BCUT2D eigenvalue weighted by atomic mass is 10.1. The van der Waals surface area contributed by atoms with Crippen LogP contribution in [0.5, 0.6) is 0 Å². The van der Waals surface area contributed by atoms with E-state index in [4.69, 9.17) is 18.9 Å². The van der Waals surface area contributed by atoms with Crippen LogP contribution in [0.15, 0.2) is 91.0 Å². The molecule has 1 fully saturated rings. The summed E-state index contributed by atoms with van der Waals surface area (Å²) in [6.45, 7) is 1.90. The van der Waals surface area contributed by atoms with Crippen molar-refractivity contribution < 1.29 is 18.9 Å². The van der Waals surface area contributed by atoms with Crippen LogP contribution in [-0.2, 0) is 38.8 Å². The van der Waals surface area contributed by atoms with Crippen molar-refractivity contribution in [2.24, 2.45) is 0 Å². The maximum absolute atomic E-state index is 6.30. The molecule has 0 saturated carbocycles. The van der Waals surface area contributed by atoms with Crippen molar-refractivity contribution in [2.75, 3.05) is 6.61 Å². The molecule has 0 N–H and O–H groups in total. The van der Waals surface area contributed by atoms with Crippen molar-refractivity contribution in [1.29, 1.82) is 0 Å². The maximum Gasteiger partial charge on any atom is 0.129 e. The first-order valence-corrected chi connectivity index (χ1v) is 11.1. The van der Waals surface area contributed by atoms with Gasteiger partial charge < -0.3 is 18.9 Å². The number of thiol groups is 1. The summed E-state index contributed by atoms with van der Waals surface area (Å²) in [5.74, 6) is 0. The van der Waals surface area contributed by atoms with Crippen molar-refractivity contribution in [1.82, 2.24) is 0 Å². The third-order valence-electron chi connectivity index (χ3n) is 5.25. The van der Waals surface area contributed by atoms with Crippen molar-refractivity contribution in [3.8, 4) is 0 Å². The Morgan fingerprint density at radius 1 is 0.613 bits per heavy atom. The summed E-state index contributed by atoms with van der Waals surface area (Å²) in [7, 11) is 0. The standard InChI is InChI=1S/C26H28O4S/c31-26-25(29-18-22-14-8-3-9-15-22)24(28-17-21-12-6-2-7-13-21)23(30-26)19-27-16-20-10-4-1-5-11-20/h1-15,23-26,31H,16-19H2/t23-,24-,25+,26?/m1/s1. The number of hydrogen-bond donors (Lipinski definition) is 1. The first-order valence-electron chi connectivity index (χ1n) is 10.6. The maximum atomic E-state index is 6.30. The summed E-state index contributed by atoms with van der Waals surface area (Å²) in [4.78, 5) is 0. The van der Waals surface area contributed by atoms with Crippen molar-refractivity contribution in [2.45, 2.75) is 43.6 Å². The molecule has 5 heteroatoms. The van der Waals surface area contributed by atoms with E-state index in [-0.39, 0.29) is 23.7 Å². The average Bonchev–Trinajstić information content (AvgIpc) is 3.12. The van der Waals surface area contributed by atoms with Crippen molar-refractivity contribution in [3.63, 3.8) is 0 Å². The molecule has 1 aliphatic rings. The predicted molar refractivity (Wildman–Crippen MR) is 124 cm³/mol. The van der Waals surface area contributed by atoms with Gasteiger partial charge in [0.1, 0.15) is 23.7 Å². The lowest BCUT2D eigenvalue weighted by Crippen LogP contribution is -2.38.